The third-order valence-corrected chi connectivity index (χ3v) is 3.55. The first-order valence-corrected chi connectivity index (χ1v) is 6.94. The molecule has 6 nitrogen and oxygen atoms in total. The number of carbonyl (C=O) groups is 2. The van der Waals surface area contributed by atoms with Gasteiger partial charge in [0.25, 0.3) is 0 Å². The maximum Gasteiger partial charge on any atom is 0.334 e. The van der Waals surface area contributed by atoms with Crippen molar-refractivity contribution >= 4 is 12.0 Å². The maximum absolute atomic E-state index is 12.2. The minimum absolute atomic E-state index is 0.0712. The number of carboxylic acid groups (broad SMARTS) is 1. The summed E-state index contributed by atoms with van der Waals surface area (Å²) in [5, 5.41) is 11.8. The molecule has 1 aliphatic heterocycles. The highest BCUT2D eigenvalue weighted by Crippen LogP contribution is 2.14. The number of amides is 2. The Hall–Kier alpha value is -2.08. The summed E-state index contributed by atoms with van der Waals surface area (Å²) < 4.78 is 5.10. The van der Waals surface area contributed by atoms with E-state index in [4.69, 9.17) is 9.84 Å². The predicted molar refractivity (Wildman–Crippen MR) is 77.1 cm³/mol. The number of hydrogen-bond donors (Lipinski definition) is 2. The zero-order valence-electron chi connectivity index (χ0n) is 12.2. The lowest BCUT2D eigenvalue weighted by molar-refractivity contribution is -0.154. The Bertz CT molecular complexity index is 515. The summed E-state index contributed by atoms with van der Waals surface area (Å²) in [7, 11) is 0. The van der Waals surface area contributed by atoms with Gasteiger partial charge < -0.3 is 20.1 Å². The Kier molecular flexibility index (Phi) is 4.80. The molecule has 114 valence electrons. The fourth-order valence-corrected chi connectivity index (χ4v) is 2.20. The lowest BCUT2D eigenvalue weighted by Gasteiger charge is -2.31. The number of aryl methyl sites for hydroxylation is 1. The molecule has 0 bridgehead atoms. The SMILES string of the molecule is Cc1ccc(C(C)NC(=O)N2CCOC(C(=O)O)C2)cc1. The van der Waals surface area contributed by atoms with Crippen LogP contribution in [-0.4, -0.2) is 47.8 Å². The second-order valence-electron chi connectivity index (χ2n) is 5.23. The van der Waals surface area contributed by atoms with Crippen molar-refractivity contribution in [3.05, 3.63) is 35.4 Å². The fourth-order valence-electron chi connectivity index (χ4n) is 2.20. The second kappa shape index (κ2) is 6.58. The van der Waals surface area contributed by atoms with Crippen LogP contribution in [0.1, 0.15) is 24.1 Å². The Morgan fingerprint density at radius 1 is 1.38 bits per heavy atom. The number of hydrogen-bond acceptors (Lipinski definition) is 3. The number of benzene rings is 1. The Morgan fingerprint density at radius 3 is 2.67 bits per heavy atom. The monoisotopic (exact) mass is 292 g/mol. The summed E-state index contributed by atoms with van der Waals surface area (Å²) in [4.78, 5) is 24.6. The van der Waals surface area contributed by atoms with Crippen LogP contribution in [0.2, 0.25) is 0 Å². The van der Waals surface area contributed by atoms with E-state index in [-0.39, 0.29) is 25.2 Å². The van der Waals surface area contributed by atoms with Crippen LogP contribution in [0.15, 0.2) is 24.3 Å². The van der Waals surface area contributed by atoms with Crippen molar-refractivity contribution < 1.29 is 19.4 Å². The van der Waals surface area contributed by atoms with Gasteiger partial charge in [-0.2, -0.15) is 0 Å². The Labute approximate surface area is 123 Å². The molecule has 2 N–H and O–H groups in total. The molecule has 1 saturated heterocycles. The molecule has 1 heterocycles. The molecule has 1 aliphatic rings. The van der Waals surface area contributed by atoms with E-state index < -0.39 is 12.1 Å². The zero-order valence-corrected chi connectivity index (χ0v) is 12.2. The van der Waals surface area contributed by atoms with E-state index in [0.29, 0.717) is 6.54 Å². The van der Waals surface area contributed by atoms with Crippen molar-refractivity contribution in [1.82, 2.24) is 10.2 Å². The first-order chi connectivity index (χ1) is 9.97. The fraction of sp³-hybridized carbons (Fsp3) is 0.467. The molecule has 1 fully saturated rings. The number of morpholine rings is 1. The highest BCUT2D eigenvalue weighted by Gasteiger charge is 2.29. The number of rotatable bonds is 3. The normalized spacial score (nSPS) is 19.9. The van der Waals surface area contributed by atoms with E-state index in [9.17, 15) is 9.59 Å². The molecule has 0 saturated carbocycles. The first-order valence-electron chi connectivity index (χ1n) is 6.94. The van der Waals surface area contributed by atoms with Gasteiger partial charge in [-0.05, 0) is 19.4 Å². The van der Waals surface area contributed by atoms with Crippen molar-refractivity contribution in [1.29, 1.82) is 0 Å². The molecule has 2 rings (SSSR count). The number of carbonyl (C=O) groups excluding carboxylic acids is 1. The highest BCUT2D eigenvalue weighted by atomic mass is 16.5. The minimum atomic E-state index is -1.04. The standard InChI is InChI=1S/C15H20N2O4/c1-10-3-5-12(6-4-10)11(2)16-15(20)17-7-8-21-13(9-17)14(18)19/h3-6,11,13H,7-9H2,1-2H3,(H,16,20)(H,18,19). The summed E-state index contributed by atoms with van der Waals surface area (Å²) >= 11 is 0. The number of nitrogens with zero attached hydrogens (tertiary/aromatic N) is 1. The van der Waals surface area contributed by atoms with Gasteiger partial charge in [-0.15, -0.1) is 0 Å². The van der Waals surface area contributed by atoms with Crippen molar-refractivity contribution in [2.75, 3.05) is 19.7 Å². The molecule has 6 heteroatoms. The van der Waals surface area contributed by atoms with Gasteiger partial charge in [0.05, 0.1) is 19.2 Å². The van der Waals surface area contributed by atoms with Gasteiger partial charge >= 0.3 is 12.0 Å². The van der Waals surface area contributed by atoms with E-state index >= 15 is 0 Å². The third kappa shape index (κ3) is 3.95. The summed E-state index contributed by atoms with van der Waals surface area (Å²) in [6.45, 7) is 4.62. The average Bonchev–Trinajstić information content (AvgIpc) is 2.48. The average molecular weight is 292 g/mol. The number of carboxylic acids is 1. The molecule has 1 aromatic rings. The van der Waals surface area contributed by atoms with Crippen molar-refractivity contribution in [2.45, 2.75) is 26.0 Å². The number of aliphatic carboxylic acids is 1. The largest absolute Gasteiger partial charge is 0.479 e. The van der Waals surface area contributed by atoms with Crippen LogP contribution in [-0.2, 0) is 9.53 Å². The second-order valence-corrected chi connectivity index (χ2v) is 5.23. The molecule has 2 amide bonds. The first kappa shape index (κ1) is 15.3. The van der Waals surface area contributed by atoms with E-state index in [1.165, 1.54) is 4.90 Å². The highest BCUT2D eigenvalue weighted by molar-refractivity contribution is 5.77. The number of urea groups is 1. The minimum Gasteiger partial charge on any atom is -0.479 e. The quantitative estimate of drug-likeness (QED) is 0.886. The topological polar surface area (TPSA) is 78.9 Å². The Morgan fingerprint density at radius 2 is 2.05 bits per heavy atom. The predicted octanol–water partition coefficient (Wildman–Crippen LogP) is 1.55. The van der Waals surface area contributed by atoms with E-state index in [2.05, 4.69) is 5.32 Å². The lowest BCUT2D eigenvalue weighted by atomic mass is 10.1. The summed E-state index contributed by atoms with van der Waals surface area (Å²) in [6.07, 6.45) is -0.945. The van der Waals surface area contributed by atoms with Crippen LogP contribution in [0.4, 0.5) is 4.79 Å². The third-order valence-electron chi connectivity index (χ3n) is 3.55. The van der Waals surface area contributed by atoms with Crippen LogP contribution in [0.5, 0.6) is 0 Å². The van der Waals surface area contributed by atoms with Crippen LogP contribution >= 0.6 is 0 Å². The van der Waals surface area contributed by atoms with E-state index in [1.54, 1.807) is 0 Å². The van der Waals surface area contributed by atoms with Crippen LogP contribution in [0.25, 0.3) is 0 Å². The van der Waals surface area contributed by atoms with Crippen molar-refractivity contribution in [2.24, 2.45) is 0 Å². The maximum atomic E-state index is 12.2. The van der Waals surface area contributed by atoms with Crippen LogP contribution in [0.3, 0.4) is 0 Å². The Balaban J connectivity index is 1.94. The molecule has 2 unspecified atom stereocenters. The summed E-state index contributed by atoms with van der Waals surface area (Å²) in [6, 6.07) is 7.53. The summed E-state index contributed by atoms with van der Waals surface area (Å²) in [5.41, 5.74) is 2.17. The zero-order chi connectivity index (χ0) is 15.4. The van der Waals surface area contributed by atoms with E-state index in [0.717, 1.165) is 11.1 Å². The van der Waals surface area contributed by atoms with Gasteiger partial charge in [-0.3, -0.25) is 0 Å². The smallest absolute Gasteiger partial charge is 0.334 e. The van der Waals surface area contributed by atoms with Crippen molar-refractivity contribution in [3.8, 4) is 0 Å². The molecule has 2 atom stereocenters. The molecule has 0 spiro atoms. The lowest BCUT2D eigenvalue weighted by Crippen LogP contribution is -2.52. The molecule has 0 radical (unpaired) electrons. The molecule has 0 aliphatic carbocycles. The molecule has 21 heavy (non-hydrogen) atoms. The van der Waals surface area contributed by atoms with Gasteiger partial charge in [-0.25, -0.2) is 9.59 Å². The molecular formula is C15H20N2O4. The van der Waals surface area contributed by atoms with Gasteiger partial charge in [0.15, 0.2) is 6.10 Å². The number of nitrogens with one attached hydrogen (secondary N) is 1. The summed E-state index contributed by atoms with van der Waals surface area (Å²) in [5.74, 6) is -1.04. The molecule has 0 aromatic heterocycles. The van der Waals surface area contributed by atoms with E-state index in [1.807, 2.05) is 38.1 Å². The van der Waals surface area contributed by atoms with Gasteiger partial charge in [-0.1, -0.05) is 29.8 Å². The van der Waals surface area contributed by atoms with Gasteiger partial charge in [0.1, 0.15) is 0 Å². The number of ether oxygens (including phenoxy) is 1. The van der Waals surface area contributed by atoms with Crippen LogP contribution in [0, 0.1) is 6.92 Å². The van der Waals surface area contributed by atoms with Gasteiger partial charge in [0.2, 0.25) is 0 Å². The molecular weight excluding hydrogens is 272 g/mol. The van der Waals surface area contributed by atoms with Crippen molar-refractivity contribution in [3.63, 3.8) is 0 Å². The molecule has 1 aromatic carbocycles. The van der Waals surface area contributed by atoms with Crippen LogP contribution < -0.4 is 5.32 Å². The van der Waals surface area contributed by atoms with Gasteiger partial charge in [0, 0.05) is 6.54 Å².